The summed E-state index contributed by atoms with van der Waals surface area (Å²) in [6, 6.07) is 9.20. The zero-order valence-corrected chi connectivity index (χ0v) is 14.5. The first-order valence-corrected chi connectivity index (χ1v) is 7.72. The molecule has 6 nitrogen and oxygen atoms in total. The van der Waals surface area contributed by atoms with Crippen LogP contribution in [-0.2, 0) is 13.1 Å². The zero-order chi connectivity index (χ0) is 17.7. The van der Waals surface area contributed by atoms with E-state index < -0.39 is 0 Å². The fourth-order valence-corrected chi connectivity index (χ4v) is 2.56. The van der Waals surface area contributed by atoms with Crippen LogP contribution in [0, 0.1) is 13.8 Å². The smallest absolute Gasteiger partial charge is 0.317 e. The highest BCUT2D eigenvalue weighted by atomic mass is 16.5. The molecule has 0 spiro atoms. The molecule has 128 valence electrons. The van der Waals surface area contributed by atoms with Crippen LogP contribution in [0.1, 0.15) is 22.4 Å². The molecule has 0 saturated heterocycles. The molecule has 0 radical (unpaired) electrons. The second kappa shape index (κ2) is 7.68. The quantitative estimate of drug-likeness (QED) is 0.884. The molecule has 24 heavy (non-hydrogen) atoms. The molecule has 0 aliphatic carbocycles. The third-order valence-electron chi connectivity index (χ3n) is 3.86. The maximum Gasteiger partial charge on any atom is 0.317 e. The van der Waals surface area contributed by atoms with E-state index >= 15 is 0 Å². The Morgan fingerprint density at radius 1 is 1.29 bits per heavy atom. The molecule has 0 bridgehead atoms. The summed E-state index contributed by atoms with van der Waals surface area (Å²) in [5.41, 5.74) is 2.99. The molecule has 0 aliphatic rings. The number of benzene rings is 1. The Hall–Kier alpha value is -2.76. The molecule has 2 rings (SSSR count). The fourth-order valence-electron chi connectivity index (χ4n) is 2.56. The number of para-hydroxylation sites is 1. The highest BCUT2D eigenvalue weighted by molar-refractivity contribution is 5.74. The number of nitrogens with one attached hydrogen (secondary N) is 2. The molecule has 2 amide bonds. The SMILES string of the molecule is COc1ccccc1CN(C)C(=O)NCc1c(C)cc(C)[nH]c1=O. The number of aromatic amines is 1. The lowest BCUT2D eigenvalue weighted by molar-refractivity contribution is 0.206. The molecule has 2 aromatic rings. The molecule has 0 saturated carbocycles. The Kier molecular flexibility index (Phi) is 5.63. The monoisotopic (exact) mass is 329 g/mol. The third-order valence-corrected chi connectivity index (χ3v) is 3.86. The third kappa shape index (κ3) is 4.16. The summed E-state index contributed by atoms with van der Waals surface area (Å²) in [5, 5.41) is 2.78. The van der Waals surface area contributed by atoms with Crippen LogP contribution in [0.4, 0.5) is 4.79 Å². The number of aromatic nitrogens is 1. The topological polar surface area (TPSA) is 74.4 Å². The number of methoxy groups -OCH3 is 1. The summed E-state index contributed by atoms with van der Waals surface area (Å²) >= 11 is 0. The second-order valence-electron chi connectivity index (χ2n) is 5.77. The summed E-state index contributed by atoms with van der Waals surface area (Å²) < 4.78 is 5.29. The number of urea groups is 1. The number of aryl methyl sites for hydroxylation is 2. The van der Waals surface area contributed by atoms with Crippen molar-refractivity contribution in [3.8, 4) is 5.75 Å². The van der Waals surface area contributed by atoms with E-state index in [1.807, 2.05) is 44.2 Å². The average molecular weight is 329 g/mol. The van der Waals surface area contributed by atoms with E-state index in [-0.39, 0.29) is 18.1 Å². The van der Waals surface area contributed by atoms with Gasteiger partial charge < -0.3 is 19.9 Å². The number of nitrogens with zero attached hydrogens (tertiary/aromatic N) is 1. The molecular formula is C18H23N3O3. The van der Waals surface area contributed by atoms with E-state index in [1.54, 1.807) is 19.1 Å². The fraction of sp³-hybridized carbons (Fsp3) is 0.333. The minimum Gasteiger partial charge on any atom is -0.496 e. The maximum atomic E-state index is 12.3. The Morgan fingerprint density at radius 3 is 2.67 bits per heavy atom. The van der Waals surface area contributed by atoms with Crippen LogP contribution in [0.3, 0.4) is 0 Å². The van der Waals surface area contributed by atoms with Crippen LogP contribution in [0.2, 0.25) is 0 Å². The number of hydrogen-bond acceptors (Lipinski definition) is 3. The molecule has 2 N–H and O–H groups in total. The Bertz CT molecular complexity index is 783. The summed E-state index contributed by atoms with van der Waals surface area (Å²) in [6.07, 6.45) is 0. The minimum atomic E-state index is -0.250. The normalized spacial score (nSPS) is 10.3. The van der Waals surface area contributed by atoms with Crippen molar-refractivity contribution in [1.29, 1.82) is 0 Å². The number of hydrogen-bond donors (Lipinski definition) is 2. The highest BCUT2D eigenvalue weighted by Gasteiger charge is 2.13. The lowest BCUT2D eigenvalue weighted by Crippen LogP contribution is -2.37. The van der Waals surface area contributed by atoms with Gasteiger partial charge in [-0.05, 0) is 31.5 Å². The molecule has 0 unspecified atom stereocenters. The number of rotatable bonds is 5. The molecule has 0 fully saturated rings. The summed E-state index contributed by atoms with van der Waals surface area (Å²) in [4.78, 5) is 28.6. The molecule has 6 heteroatoms. The van der Waals surface area contributed by atoms with Crippen molar-refractivity contribution in [2.45, 2.75) is 26.9 Å². The van der Waals surface area contributed by atoms with Gasteiger partial charge in [0.25, 0.3) is 5.56 Å². The predicted molar refractivity (Wildman–Crippen MR) is 93.2 cm³/mol. The van der Waals surface area contributed by atoms with Gasteiger partial charge in [0.15, 0.2) is 0 Å². The van der Waals surface area contributed by atoms with Gasteiger partial charge in [-0.2, -0.15) is 0 Å². The second-order valence-corrected chi connectivity index (χ2v) is 5.77. The van der Waals surface area contributed by atoms with Gasteiger partial charge in [-0.15, -0.1) is 0 Å². The van der Waals surface area contributed by atoms with Crippen molar-refractivity contribution in [2.75, 3.05) is 14.2 Å². The van der Waals surface area contributed by atoms with Crippen molar-refractivity contribution >= 4 is 6.03 Å². The average Bonchev–Trinajstić information content (AvgIpc) is 2.54. The lowest BCUT2D eigenvalue weighted by atomic mass is 10.1. The van der Waals surface area contributed by atoms with Crippen molar-refractivity contribution in [1.82, 2.24) is 15.2 Å². The van der Waals surface area contributed by atoms with Crippen LogP contribution in [-0.4, -0.2) is 30.1 Å². The number of amides is 2. The zero-order valence-electron chi connectivity index (χ0n) is 14.5. The van der Waals surface area contributed by atoms with Gasteiger partial charge in [0.05, 0.1) is 20.2 Å². The Morgan fingerprint density at radius 2 is 2.00 bits per heavy atom. The van der Waals surface area contributed by atoms with Crippen LogP contribution in [0.5, 0.6) is 5.75 Å². The summed E-state index contributed by atoms with van der Waals surface area (Å²) in [5.74, 6) is 0.739. The van der Waals surface area contributed by atoms with E-state index in [1.165, 1.54) is 0 Å². The largest absolute Gasteiger partial charge is 0.496 e. The van der Waals surface area contributed by atoms with Gasteiger partial charge in [-0.1, -0.05) is 18.2 Å². The van der Waals surface area contributed by atoms with Gasteiger partial charge in [-0.25, -0.2) is 4.79 Å². The van der Waals surface area contributed by atoms with Crippen molar-refractivity contribution in [3.05, 3.63) is 63.1 Å². The van der Waals surface area contributed by atoms with Gasteiger partial charge in [0.2, 0.25) is 0 Å². The number of carbonyl (C=O) groups excluding carboxylic acids is 1. The first-order chi connectivity index (χ1) is 11.4. The van der Waals surface area contributed by atoms with Crippen molar-refractivity contribution in [3.63, 3.8) is 0 Å². The van der Waals surface area contributed by atoms with Crippen LogP contribution >= 0.6 is 0 Å². The van der Waals surface area contributed by atoms with Crippen LogP contribution < -0.4 is 15.6 Å². The molecule has 0 atom stereocenters. The van der Waals surface area contributed by atoms with E-state index in [0.717, 1.165) is 22.6 Å². The first kappa shape index (κ1) is 17.6. The van der Waals surface area contributed by atoms with Gasteiger partial charge >= 0.3 is 6.03 Å². The Labute approximate surface area is 141 Å². The number of pyridine rings is 1. The number of ether oxygens (including phenoxy) is 1. The molecule has 1 aromatic carbocycles. The van der Waals surface area contributed by atoms with Gasteiger partial charge in [0, 0.05) is 23.9 Å². The summed E-state index contributed by atoms with van der Waals surface area (Å²) in [6.45, 7) is 4.30. The van der Waals surface area contributed by atoms with E-state index in [4.69, 9.17) is 4.74 Å². The minimum absolute atomic E-state index is 0.166. The van der Waals surface area contributed by atoms with E-state index in [9.17, 15) is 9.59 Å². The molecule has 1 aromatic heterocycles. The molecular weight excluding hydrogens is 306 g/mol. The van der Waals surface area contributed by atoms with Gasteiger partial charge in [-0.3, -0.25) is 4.79 Å². The maximum absolute atomic E-state index is 12.3. The van der Waals surface area contributed by atoms with Gasteiger partial charge in [0.1, 0.15) is 5.75 Å². The van der Waals surface area contributed by atoms with E-state index in [2.05, 4.69) is 10.3 Å². The summed E-state index contributed by atoms with van der Waals surface area (Å²) in [7, 11) is 3.30. The molecule has 0 aliphatic heterocycles. The Balaban J connectivity index is 2.01. The van der Waals surface area contributed by atoms with Crippen LogP contribution in [0.25, 0.3) is 0 Å². The van der Waals surface area contributed by atoms with E-state index in [0.29, 0.717) is 12.1 Å². The number of carbonyl (C=O) groups is 1. The number of H-pyrrole nitrogens is 1. The lowest BCUT2D eigenvalue weighted by Gasteiger charge is -2.19. The highest BCUT2D eigenvalue weighted by Crippen LogP contribution is 2.18. The van der Waals surface area contributed by atoms with Crippen molar-refractivity contribution in [2.24, 2.45) is 0 Å². The standard InChI is InChI=1S/C18H23N3O3/c1-12-9-13(2)20-17(22)15(12)10-19-18(23)21(3)11-14-7-5-6-8-16(14)24-4/h5-9H,10-11H2,1-4H3,(H,19,23)(H,20,22). The first-order valence-electron chi connectivity index (χ1n) is 7.72. The molecule has 1 heterocycles. The predicted octanol–water partition coefficient (Wildman–Crippen LogP) is 2.34. The van der Waals surface area contributed by atoms with Crippen LogP contribution in [0.15, 0.2) is 35.1 Å². The van der Waals surface area contributed by atoms with Crippen molar-refractivity contribution < 1.29 is 9.53 Å².